The van der Waals surface area contributed by atoms with Crippen molar-refractivity contribution < 1.29 is 5.11 Å². The highest BCUT2D eigenvalue weighted by molar-refractivity contribution is 9.10. The van der Waals surface area contributed by atoms with Crippen LogP contribution >= 0.6 is 15.9 Å². The number of benzene rings is 1. The fourth-order valence-corrected chi connectivity index (χ4v) is 2.13. The number of nitrogens with zero attached hydrogens (tertiary/aromatic N) is 2. The van der Waals surface area contributed by atoms with Crippen LogP contribution in [0.3, 0.4) is 0 Å². The Morgan fingerprint density at radius 1 is 1.44 bits per heavy atom. The Balaban J connectivity index is 2.51. The topological polar surface area (TPSA) is 38.1 Å². The van der Waals surface area contributed by atoms with Crippen LogP contribution in [-0.2, 0) is 13.0 Å². The normalized spacial score (nSPS) is 10.7. The van der Waals surface area contributed by atoms with Gasteiger partial charge in [-0.2, -0.15) is 5.10 Å². The number of hydrogen-bond donors (Lipinski definition) is 1. The van der Waals surface area contributed by atoms with Gasteiger partial charge in [0.05, 0.1) is 18.5 Å². The van der Waals surface area contributed by atoms with Gasteiger partial charge in [-0.3, -0.25) is 0 Å². The lowest BCUT2D eigenvalue weighted by Crippen LogP contribution is -2.02. The highest BCUT2D eigenvalue weighted by Crippen LogP contribution is 2.19. The van der Waals surface area contributed by atoms with Gasteiger partial charge in [-0.25, -0.2) is 4.68 Å². The van der Waals surface area contributed by atoms with E-state index in [-0.39, 0.29) is 6.61 Å². The maximum atomic E-state index is 9.20. The summed E-state index contributed by atoms with van der Waals surface area (Å²) in [5.41, 5.74) is 2.95. The molecule has 0 saturated carbocycles. The van der Waals surface area contributed by atoms with E-state index < -0.39 is 0 Å². The van der Waals surface area contributed by atoms with Gasteiger partial charge in [0.25, 0.3) is 0 Å². The Morgan fingerprint density at radius 2 is 2.25 bits per heavy atom. The third kappa shape index (κ3) is 2.03. The van der Waals surface area contributed by atoms with Crippen LogP contribution in [-0.4, -0.2) is 14.9 Å². The van der Waals surface area contributed by atoms with Crippen LogP contribution in [0.15, 0.2) is 34.9 Å². The summed E-state index contributed by atoms with van der Waals surface area (Å²) in [7, 11) is 0. The van der Waals surface area contributed by atoms with Gasteiger partial charge in [0.2, 0.25) is 0 Å². The molecule has 2 aromatic rings. The molecular weight excluding hydrogens is 268 g/mol. The van der Waals surface area contributed by atoms with Crippen LogP contribution in [0.1, 0.15) is 18.2 Å². The minimum Gasteiger partial charge on any atom is -0.392 e. The fraction of sp³-hybridized carbons (Fsp3) is 0.250. The number of rotatable bonds is 3. The second kappa shape index (κ2) is 4.80. The summed E-state index contributed by atoms with van der Waals surface area (Å²) in [5, 5.41) is 13.5. The molecule has 0 atom stereocenters. The molecule has 0 aliphatic rings. The minimum absolute atomic E-state index is 0.0389. The summed E-state index contributed by atoms with van der Waals surface area (Å²) < 4.78 is 2.89. The molecule has 84 valence electrons. The third-order valence-electron chi connectivity index (χ3n) is 2.51. The second-order valence-corrected chi connectivity index (χ2v) is 4.44. The first-order valence-corrected chi connectivity index (χ1v) is 5.98. The number of hydrogen-bond acceptors (Lipinski definition) is 2. The number of aliphatic hydroxyl groups is 1. The summed E-state index contributed by atoms with van der Waals surface area (Å²) >= 11 is 3.44. The van der Waals surface area contributed by atoms with Gasteiger partial charge in [-0.1, -0.05) is 28.9 Å². The minimum atomic E-state index is 0.0389. The van der Waals surface area contributed by atoms with Crippen molar-refractivity contribution in [2.24, 2.45) is 0 Å². The fourth-order valence-electron chi connectivity index (χ4n) is 1.75. The van der Waals surface area contributed by atoms with Crippen LogP contribution in [0, 0.1) is 0 Å². The van der Waals surface area contributed by atoms with Crippen molar-refractivity contribution in [3.63, 3.8) is 0 Å². The molecule has 0 amide bonds. The molecule has 1 N–H and O–H groups in total. The van der Waals surface area contributed by atoms with Crippen LogP contribution in [0.25, 0.3) is 5.69 Å². The first kappa shape index (κ1) is 11.4. The lowest BCUT2D eigenvalue weighted by atomic mass is 10.2. The van der Waals surface area contributed by atoms with Gasteiger partial charge < -0.3 is 5.11 Å². The average molecular weight is 281 g/mol. The molecule has 0 fully saturated rings. The molecule has 0 bridgehead atoms. The van der Waals surface area contributed by atoms with E-state index in [2.05, 4.69) is 28.0 Å². The number of aromatic nitrogens is 2. The maximum Gasteiger partial charge on any atom is 0.0715 e. The molecule has 0 aliphatic heterocycles. The van der Waals surface area contributed by atoms with Crippen molar-refractivity contribution in [1.82, 2.24) is 9.78 Å². The van der Waals surface area contributed by atoms with Gasteiger partial charge in [0.1, 0.15) is 0 Å². The van der Waals surface area contributed by atoms with Crippen LogP contribution in [0.5, 0.6) is 0 Å². The summed E-state index contributed by atoms with van der Waals surface area (Å²) in [5.74, 6) is 0. The maximum absolute atomic E-state index is 9.20. The molecule has 0 spiro atoms. The van der Waals surface area contributed by atoms with E-state index in [1.165, 1.54) is 0 Å². The first-order chi connectivity index (χ1) is 7.76. The molecule has 1 aromatic heterocycles. The zero-order valence-electron chi connectivity index (χ0n) is 9.02. The lowest BCUT2D eigenvalue weighted by molar-refractivity contribution is 0.280. The molecular formula is C12H13BrN2O. The Kier molecular flexibility index (Phi) is 3.41. The molecule has 4 heteroatoms. The van der Waals surface area contributed by atoms with E-state index >= 15 is 0 Å². The predicted octanol–water partition coefficient (Wildman–Crippen LogP) is 2.69. The van der Waals surface area contributed by atoms with E-state index in [4.69, 9.17) is 0 Å². The van der Waals surface area contributed by atoms with Crippen molar-refractivity contribution in [2.75, 3.05) is 0 Å². The van der Waals surface area contributed by atoms with Crippen molar-refractivity contribution in [1.29, 1.82) is 0 Å². The van der Waals surface area contributed by atoms with E-state index in [0.29, 0.717) is 0 Å². The van der Waals surface area contributed by atoms with Crippen LogP contribution < -0.4 is 0 Å². The Morgan fingerprint density at radius 3 is 2.88 bits per heavy atom. The molecule has 1 aromatic carbocycles. The number of halogens is 1. The van der Waals surface area contributed by atoms with Gasteiger partial charge in [-0.15, -0.1) is 0 Å². The quantitative estimate of drug-likeness (QED) is 0.939. The monoisotopic (exact) mass is 280 g/mol. The molecule has 3 nitrogen and oxygen atoms in total. The summed E-state index contributed by atoms with van der Waals surface area (Å²) in [6, 6.07) is 7.95. The van der Waals surface area contributed by atoms with Crippen LogP contribution in [0.2, 0.25) is 0 Å². The molecule has 0 saturated heterocycles. The Bertz CT molecular complexity index is 494. The van der Waals surface area contributed by atoms with E-state index in [0.717, 1.165) is 27.8 Å². The van der Waals surface area contributed by atoms with Gasteiger partial charge in [0, 0.05) is 15.7 Å². The standard InChI is InChI=1S/C12H13BrN2O/c1-2-12-9(8-16)7-14-15(12)11-5-3-4-10(13)6-11/h3-7,16H,2,8H2,1H3. The highest BCUT2D eigenvalue weighted by atomic mass is 79.9. The Hall–Kier alpha value is -1.13. The highest BCUT2D eigenvalue weighted by Gasteiger charge is 2.09. The van der Waals surface area contributed by atoms with Gasteiger partial charge in [0.15, 0.2) is 0 Å². The molecule has 1 heterocycles. The van der Waals surface area contributed by atoms with Crippen molar-refractivity contribution in [2.45, 2.75) is 20.0 Å². The molecule has 2 rings (SSSR count). The summed E-state index contributed by atoms with van der Waals surface area (Å²) in [6.45, 7) is 2.10. The van der Waals surface area contributed by atoms with Crippen molar-refractivity contribution >= 4 is 15.9 Å². The predicted molar refractivity (Wildman–Crippen MR) is 66.6 cm³/mol. The zero-order chi connectivity index (χ0) is 11.5. The molecule has 16 heavy (non-hydrogen) atoms. The van der Waals surface area contributed by atoms with Crippen LogP contribution in [0.4, 0.5) is 0 Å². The first-order valence-electron chi connectivity index (χ1n) is 5.18. The van der Waals surface area contributed by atoms with E-state index in [1.807, 2.05) is 28.9 Å². The average Bonchev–Trinajstić information content (AvgIpc) is 2.71. The molecule has 0 aliphatic carbocycles. The SMILES string of the molecule is CCc1c(CO)cnn1-c1cccc(Br)c1. The second-order valence-electron chi connectivity index (χ2n) is 3.52. The largest absolute Gasteiger partial charge is 0.392 e. The van der Waals surface area contributed by atoms with Crippen molar-refractivity contribution in [3.8, 4) is 5.69 Å². The Labute approximate surface area is 103 Å². The third-order valence-corrected chi connectivity index (χ3v) is 3.01. The van der Waals surface area contributed by atoms with Crippen molar-refractivity contribution in [3.05, 3.63) is 46.2 Å². The van der Waals surface area contributed by atoms with Gasteiger partial charge >= 0.3 is 0 Å². The summed E-state index contributed by atoms with van der Waals surface area (Å²) in [6.07, 6.45) is 2.57. The smallest absolute Gasteiger partial charge is 0.0715 e. The summed E-state index contributed by atoms with van der Waals surface area (Å²) in [4.78, 5) is 0. The zero-order valence-corrected chi connectivity index (χ0v) is 10.6. The van der Waals surface area contributed by atoms with E-state index in [1.54, 1.807) is 6.20 Å². The van der Waals surface area contributed by atoms with E-state index in [9.17, 15) is 5.11 Å². The van der Waals surface area contributed by atoms with Gasteiger partial charge in [-0.05, 0) is 24.6 Å². The molecule has 0 unspecified atom stereocenters. The number of aliphatic hydroxyl groups excluding tert-OH is 1. The molecule has 0 radical (unpaired) electrons. The lowest BCUT2D eigenvalue weighted by Gasteiger charge is -2.07.